The molecule has 20 heavy (non-hydrogen) atoms. The molecule has 1 unspecified atom stereocenters. The summed E-state index contributed by atoms with van der Waals surface area (Å²) in [4.78, 5) is 4.66. The second kappa shape index (κ2) is 5.31. The van der Waals surface area contributed by atoms with Crippen LogP contribution in [0.5, 0.6) is 0 Å². The first kappa shape index (κ1) is 13.2. The normalized spacial score (nSPS) is 12.8. The molecule has 1 atom stereocenters. The lowest BCUT2D eigenvalue weighted by Crippen LogP contribution is -2.12. The fourth-order valence-corrected chi connectivity index (χ4v) is 3.16. The predicted octanol–water partition coefficient (Wildman–Crippen LogP) is 4.38. The summed E-state index contributed by atoms with van der Waals surface area (Å²) in [6.07, 6.45) is 0. The van der Waals surface area contributed by atoms with Crippen LogP contribution < -0.4 is 5.32 Å². The molecule has 1 aromatic heterocycles. The molecule has 1 heterocycles. The zero-order valence-electron chi connectivity index (χ0n) is 11.4. The standard InChI is InChI=1S/C16H15FN2S/c1-10(18-2)15-9-20-16(19-15)13-7-8-14(17)12-6-4-3-5-11(12)13/h3-10,18H,1-2H3. The lowest BCUT2D eigenvalue weighted by Gasteiger charge is -2.06. The van der Waals surface area contributed by atoms with Crippen molar-refractivity contribution in [2.75, 3.05) is 7.05 Å². The molecule has 4 heteroatoms. The van der Waals surface area contributed by atoms with Gasteiger partial charge < -0.3 is 5.32 Å². The van der Waals surface area contributed by atoms with Crippen LogP contribution in [0.3, 0.4) is 0 Å². The van der Waals surface area contributed by atoms with E-state index in [1.807, 2.05) is 31.3 Å². The van der Waals surface area contributed by atoms with Crippen molar-refractivity contribution < 1.29 is 4.39 Å². The van der Waals surface area contributed by atoms with Crippen LogP contribution in [0.1, 0.15) is 18.7 Å². The molecule has 0 aliphatic carbocycles. The van der Waals surface area contributed by atoms with Crippen LogP contribution in [0.25, 0.3) is 21.3 Å². The maximum Gasteiger partial charge on any atom is 0.131 e. The van der Waals surface area contributed by atoms with Crippen molar-refractivity contribution in [2.24, 2.45) is 0 Å². The maximum absolute atomic E-state index is 13.8. The Bertz CT molecular complexity index is 751. The van der Waals surface area contributed by atoms with Crippen LogP contribution in [0.4, 0.5) is 4.39 Å². The Labute approximate surface area is 121 Å². The van der Waals surface area contributed by atoms with Crippen molar-refractivity contribution >= 4 is 22.1 Å². The van der Waals surface area contributed by atoms with E-state index >= 15 is 0 Å². The fourth-order valence-electron chi connectivity index (χ4n) is 2.21. The van der Waals surface area contributed by atoms with E-state index in [0.29, 0.717) is 5.39 Å². The van der Waals surface area contributed by atoms with Gasteiger partial charge in [0.2, 0.25) is 0 Å². The Hall–Kier alpha value is -1.78. The van der Waals surface area contributed by atoms with Crippen LogP contribution in [-0.2, 0) is 0 Å². The molecule has 2 aromatic carbocycles. The van der Waals surface area contributed by atoms with Crippen molar-refractivity contribution in [3.8, 4) is 10.6 Å². The number of nitrogens with zero attached hydrogens (tertiary/aromatic N) is 1. The number of halogens is 1. The highest BCUT2D eigenvalue weighted by Crippen LogP contribution is 2.33. The van der Waals surface area contributed by atoms with Gasteiger partial charge in [-0.2, -0.15) is 0 Å². The molecule has 0 amide bonds. The van der Waals surface area contributed by atoms with E-state index < -0.39 is 0 Å². The van der Waals surface area contributed by atoms with E-state index in [2.05, 4.69) is 22.6 Å². The summed E-state index contributed by atoms with van der Waals surface area (Å²) < 4.78 is 13.8. The molecule has 102 valence electrons. The molecule has 0 spiro atoms. The molecular formula is C16H15FN2S. The van der Waals surface area contributed by atoms with Crippen molar-refractivity contribution in [1.82, 2.24) is 10.3 Å². The molecule has 1 N–H and O–H groups in total. The summed E-state index contributed by atoms with van der Waals surface area (Å²) in [7, 11) is 1.91. The molecule has 3 rings (SSSR count). The van der Waals surface area contributed by atoms with Crippen LogP contribution in [-0.4, -0.2) is 12.0 Å². The quantitative estimate of drug-likeness (QED) is 0.772. The van der Waals surface area contributed by atoms with Gasteiger partial charge in [0.05, 0.1) is 5.69 Å². The topological polar surface area (TPSA) is 24.9 Å². The third kappa shape index (κ3) is 2.21. The highest BCUT2D eigenvalue weighted by atomic mass is 32.1. The van der Waals surface area contributed by atoms with Crippen molar-refractivity contribution in [3.63, 3.8) is 0 Å². The molecular weight excluding hydrogens is 271 g/mol. The molecule has 0 saturated heterocycles. The summed E-state index contributed by atoms with van der Waals surface area (Å²) in [5, 5.41) is 7.71. The predicted molar refractivity (Wildman–Crippen MR) is 82.5 cm³/mol. The first-order chi connectivity index (χ1) is 9.70. The average molecular weight is 286 g/mol. The van der Waals surface area contributed by atoms with Crippen molar-refractivity contribution in [2.45, 2.75) is 13.0 Å². The third-order valence-electron chi connectivity index (χ3n) is 3.50. The summed E-state index contributed by atoms with van der Waals surface area (Å²) >= 11 is 1.59. The molecule has 0 radical (unpaired) electrons. The van der Waals surface area contributed by atoms with E-state index in [1.54, 1.807) is 17.4 Å². The molecule has 0 aliphatic rings. The largest absolute Gasteiger partial charge is 0.312 e. The smallest absolute Gasteiger partial charge is 0.131 e. The van der Waals surface area contributed by atoms with E-state index in [1.165, 1.54) is 6.07 Å². The average Bonchev–Trinajstić information content (AvgIpc) is 2.97. The first-order valence-electron chi connectivity index (χ1n) is 6.51. The van der Waals surface area contributed by atoms with Gasteiger partial charge in [0, 0.05) is 22.4 Å². The van der Waals surface area contributed by atoms with Crippen LogP contribution in [0.15, 0.2) is 41.8 Å². The lowest BCUT2D eigenvalue weighted by atomic mass is 10.0. The Balaban J connectivity index is 2.15. The Morgan fingerprint density at radius 3 is 2.65 bits per heavy atom. The summed E-state index contributed by atoms with van der Waals surface area (Å²) in [5.41, 5.74) is 2.00. The van der Waals surface area contributed by atoms with Crippen LogP contribution in [0.2, 0.25) is 0 Å². The second-order valence-corrected chi connectivity index (χ2v) is 5.59. The molecule has 2 nitrogen and oxygen atoms in total. The Morgan fingerprint density at radius 1 is 1.15 bits per heavy atom. The number of benzene rings is 2. The molecule has 0 aliphatic heterocycles. The maximum atomic E-state index is 13.8. The zero-order chi connectivity index (χ0) is 14.1. The van der Waals surface area contributed by atoms with Gasteiger partial charge in [0.15, 0.2) is 0 Å². The Morgan fingerprint density at radius 2 is 1.90 bits per heavy atom. The van der Waals surface area contributed by atoms with Gasteiger partial charge in [-0.25, -0.2) is 9.37 Å². The lowest BCUT2D eigenvalue weighted by molar-refractivity contribution is 0.637. The summed E-state index contributed by atoms with van der Waals surface area (Å²) in [5.74, 6) is -0.190. The number of aromatic nitrogens is 1. The first-order valence-corrected chi connectivity index (χ1v) is 7.39. The monoisotopic (exact) mass is 286 g/mol. The molecule has 0 fully saturated rings. The van der Waals surface area contributed by atoms with Gasteiger partial charge >= 0.3 is 0 Å². The summed E-state index contributed by atoms with van der Waals surface area (Å²) in [6.45, 7) is 2.07. The molecule has 3 aromatic rings. The minimum Gasteiger partial charge on any atom is -0.312 e. The van der Waals surface area contributed by atoms with Crippen molar-refractivity contribution in [3.05, 3.63) is 53.3 Å². The van der Waals surface area contributed by atoms with Crippen LogP contribution in [0, 0.1) is 5.82 Å². The fraction of sp³-hybridized carbons (Fsp3) is 0.188. The third-order valence-corrected chi connectivity index (χ3v) is 4.39. The van der Waals surface area contributed by atoms with Crippen molar-refractivity contribution in [1.29, 1.82) is 0 Å². The SMILES string of the molecule is CNC(C)c1csc(-c2ccc(F)c3ccccc23)n1. The van der Waals surface area contributed by atoms with Gasteiger partial charge in [0.25, 0.3) is 0 Å². The van der Waals surface area contributed by atoms with Gasteiger partial charge in [-0.1, -0.05) is 24.3 Å². The van der Waals surface area contributed by atoms with Gasteiger partial charge in [-0.15, -0.1) is 11.3 Å². The highest BCUT2D eigenvalue weighted by molar-refractivity contribution is 7.13. The minimum absolute atomic E-state index is 0.190. The summed E-state index contributed by atoms with van der Waals surface area (Å²) in [6, 6.07) is 11.1. The number of nitrogens with one attached hydrogen (secondary N) is 1. The van der Waals surface area contributed by atoms with Gasteiger partial charge in [-0.05, 0) is 31.5 Å². The number of hydrogen-bond donors (Lipinski definition) is 1. The molecule has 0 saturated carbocycles. The number of hydrogen-bond acceptors (Lipinski definition) is 3. The second-order valence-electron chi connectivity index (χ2n) is 4.73. The highest BCUT2D eigenvalue weighted by Gasteiger charge is 2.13. The van der Waals surface area contributed by atoms with Crippen LogP contribution >= 0.6 is 11.3 Å². The minimum atomic E-state index is -0.190. The van der Waals surface area contributed by atoms with Gasteiger partial charge in [-0.3, -0.25) is 0 Å². The van der Waals surface area contributed by atoms with E-state index in [-0.39, 0.29) is 11.9 Å². The zero-order valence-corrected chi connectivity index (χ0v) is 12.2. The number of rotatable bonds is 3. The Kier molecular flexibility index (Phi) is 3.51. The van der Waals surface area contributed by atoms with E-state index in [9.17, 15) is 4.39 Å². The van der Waals surface area contributed by atoms with E-state index in [4.69, 9.17) is 0 Å². The van der Waals surface area contributed by atoms with E-state index in [0.717, 1.165) is 21.7 Å². The molecule has 0 bridgehead atoms. The number of thiazole rings is 1. The number of fused-ring (bicyclic) bond motifs is 1. The van der Waals surface area contributed by atoms with Gasteiger partial charge in [0.1, 0.15) is 10.8 Å².